The van der Waals surface area contributed by atoms with Crippen molar-refractivity contribution in [3.63, 3.8) is 0 Å². The summed E-state index contributed by atoms with van der Waals surface area (Å²) in [5, 5.41) is 0. The van der Waals surface area contributed by atoms with Gasteiger partial charge >= 0.3 is 62.1 Å². The first-order valence-electron chi connectivity index (χ1n) is 10.2. The number of nitrogens with one attached hydrogen (secondary N) is 2. The van der Waals surface area contributed by atoms with E-state index >= 15 is 0 Å². The van der Waals surface area contributed by atoms with Gasteiger partial charge in [-0.25, -0.2) is 33.7 Å². The largest absolute Gasteiger partial charge is 0.512 e. The van der Waals surface area contributed by atoms with E-state index in [0.717, 1.165) is 6.67 Å². The first-order valence-corrected chi connectivity index (χ1v) is 16.1. The molecule has 12 nitrogen and oxygen atoms in total. The fraction of sp³-hybridized carbons (Fsp3) is 0.857. The zero-order valence-corrected chi connectivity index (χ0v) is 24.0. The van der Waals surface area contributed by atoms with Crippen molar-refractivity contribution in [1.82, 2.24) is 18.1 Å². The van der Waals surface area contributed by atoms with E-state index in [1.807, 2.05) is 0 Å². The number of alkyl halides is 12. The second-order valence-corrected chi connectivity index (χ2v) is 14.7. The van der Waals surface area contributed by atoms with Crippen LogP contribution in [0.1, 0.15) is 32.6 Å². The molecule has 0 radical (unpaired) electrons. The predicted octanol–water partition coefficient (Wildman–Crippen LogP) is 2.79. The molecule has 0 fully saturated rings. The highest BCUT2D eigenvalue weighted by molar-refractivity contribution is 8.06. The fourth-order valence-electron chi connectivity index (χ4n) is 1.95. The van der Waals surface area contributed by atoms with Gasteiger partial charge in [0.15, 0.2) is 0 Å². The third-order valence-corrected chi connectivity index (χ3v) is 9.84. The van der Waals surface area contributed by atoms with Gasteiger partial charge in [0.05, 0.1) is 6.67 Å². The standard InChI is InChI=1S/C10H20N2.2C2HF6NO4S2/c1-3-4-5-6-7-12-9-8-11(2)10-12;2*3-1(4,5)14(10,11)9-15(12,13)2(6,7)8/h8-9H,3-7,10H2,1-2H3;2*9H. The molecule has 1 aliphatic heterocycles. The molecule has 42 heavy (non-hydrogen) atoms. The van der Waals surface area contributed by atoms with Crippen molar-refractivity contribution in [3.8, 4) is 0 Å². The molecule has 0 atom stereocenters. The van der Waals surface area contributed by atoms with Gasteiger partial charge in [-0.05, 0) is 6.42 Å². The minimum Gasteiger partial charge on any atom is -0.362 e. The van der Waals surface area contributed by atoms with Gasteiger partial charge in [0.1, 0.15) is 0 Å². The Morgan fingerprint density at radius 3 is 1.10 bits per heavy atom. The molecule has 1 aliphatic rings. The van der Waals surface area contributed by atoms with Crippen molar-refractivity contribution in [2.75, 3.05) is 20.3 Å². The van der Waals surface area contributed by atoms with Crippen LogP contribution in [-0.2, 0) is 40.1 Å². The maximum Gasteiger partial charge on any atom is 0.512 e. The molecule has 28 heteroatoms. The molecule has 254 valence electrons. The monoisotopic (exact) mass is 730 g/mol. The van der Waals surface area contributed by atoms with Gasteiger partial charge in [-0.15, -0.1) is 0 Å². The van der Waals surface area contributed by atoms with Crippen molar-refractivity contribution in [2.45, 2.75) is 54.6 Å². The molecule has 2 N–H and O–H groups in total. The highest BCUT2D eigenvalue weighted by atomic mass is 32.3. The van der Waals surface area contributed by atoms with Crippen LogP contribution in [0.3, 0.4) is 0 Å². The molecule has 0 unspecified atom stereocenters. The Hall–Kier alpha value is -1.78. The van der Waals surface area contributed by atoms with E-state index in [4.69, 9.17) is 0 Å². The van der Waals surface area contributed by atoms with Crippen molar-refractivity contribution in [1.29, 1.82) is 0 Å². The summed E-state index contributed by atoms with van der Waals surface area (Å²) in [6.45, 7) is 4.55. The zero-order valence-electron chi connectivity index (χ0n) is 20.7. The normalized spacial score (nSPS) is 15.6. The Morgan fingerprint density at radius 2 is 0.881 bits per heavy atom. The van der Waals surface area contributed by atoms with E-state index in [0.29, 0.717) is 0 Å². The lowest BCUT2D eigenvalue weighted by atomic mass is 10.2. The van der Waals surface area contributed by atoms with Gasteiger partial charge in [0, 0.05) is 26.0 Å². The molecule has 0 amide bonds. The summed E-state index contributed by atoms with van der Waals surface area (Å²) in [5.41, 5.74) is -24.6. The molecule has 0 saturated heterocycles. The van der Waals surface area contributed by atoms with Crippen LogP contribution in [0.2, 0.25) is 0 Å². The number of unbranched alkanes of at least 4 members (excludes halogenated alkanes) is 3. The van der Waals surface area contributed by atoms with Crippen LogP contribution < -0.4 is 8.25 Å². The SMILES string of the molecule is CCCCCCN1C=CN(C)C1.O=S(=O)(NS(=O)(=O)C(F)(F)F)C(F)(F)F.O=S(=O)(NS(=O)(=O)C(F)(F)F)C(F)(F)F. The van der Waals surface area contributed by atoms with E-state index in [1.54, 1.807) is 0 Å². The molecular weight excluding hydrogens is 708 g/mol. The lowest BCUT2D eigenvalue weighted by molar-refractivity contribution is -0.0487. The first-order chi connectivity index (χ1) is 18.2. The summed E-state index contributed by atoms with van der Waals surface area (Å²) in [6, 6.07) is 0. The van der Waals surface area contributed by atoms with Crippen LogP contribution in [0.15, 0.2) is 12.4 Å². The van der Waals surface area contributed by atoms with E-state index in [-0.39, 0.29) is 0 Å². The predicted molar refractivity (Wildman–Crippen MR) is 119 cm³/mol. The summed E-state index contributed by atoms with van der Waals surface area (Å²) >= 11 is 0. The molecular formula is C14H22F12N4O8S4. The van der Waals surface area contributed by atoms with Gasteiger partial charge < -0.3 is 9.80 Å². The summed E-state index contributed by atoms with van der Waals surface area (Å²) in [7, 11) is -24.3. The lowest BCUT2D eigenvalue weighted by Gasteiger charge is -2.17. The molecule has 0 aromatic carbocycles. The Labute approximate surface area is 231 Å². The smallest absolute Gasteiger partial charge is 0.362 e. The molecule has 1 rings (SSSR count). The van der Waals surface area contributed by atoms with Crippen LogP contribution in [-0.4, -0.2) is 85.8 Å². The summed E-state index contributed by atoms with van der Waals surface area (Å²) in [5.74, 6) is 0. The highest BCUT2D eigenvalue weighted by Crippen LogP contribution is 2.28. The second-order valence-electron chi connectivity index (χ2n) is 7.53. The average Bonchev–Trinajstić information content (AvgIpc) is 3.12. The average molecular weight is 731 g/mol. The molecule has 0 aliphatic carbocycles. The number of hydrogen-bond donors (Lipinski definition) is 2. The molecule has 0 saturated carbocycles. The Morgan fingerprint density at radius 1 is 0.571 bits per heavy atom. The van der Waals surface area contributed by atoms with E-state index in [2.05, 4.69) is 36.2 Å². The molecule has 1 heterocycles. The quantitative estimate of drug-likeness (QED) is 0.266. The topological polar surface area (TPSA) is 167 Å². The van der Waals surface area contributed by atoms with Crippen molar-refractivity contribution in [3.05, 3.63) is 12.4 Å². The first kappa shape index (κ1) is 42.4. The number of nitrogens with zero attached hydrogens (tertiary/aromatic N) is 2. The van der Waals surface area contributed by atoms with Crippen LogP contribution in [0, 0.1) is 0 Å². The number of halogens is 12. The van der Waals surface area contributed by atoms with Crippen LogP contribution in [0.5, 0.6) is 0 Å². The Kier molecular flexibility index (Phi) is 14.9. The van der Waals surface area contributed by atoms with Gasteiger partial charge in [-0.1, -0.05) is 34.4 Å². The zero-order chi connectivity index (χ0) is 34.2. The summed E-state index contributed by atoms with van der Waals surface area (Å²) < 4.78 is 217. The van der Waals surface area contributed by atoms with E-state index in [1.165, 1.54) is 32.2 Å². The number of hydrogen-bond acceptors (Lipinski definition) is 10. The van der Waals surface area contributed by atoms with Gasteiger partial charge in [0.2, 0.25) is 0 Å². The van der Waals surface area contributed by atoms with Crippen molar-refractivity contribution in [2.24, 2.45) is 0 Å². The second kappa shape index (κ2) is 14.8. The minimum atomic E-state index is -6.60. The van der Waals surface area contributed by atoms with E-state index in [9.17, 15) is 86.4 Å². The molecule has 0 bridgehead atoms. The minimum absolute atomic E-state index is 0.493. The third kappa shape index (κ3) is 14.1. The van der Waals surface area contributed by atoms with Crippen molar-refractivity contribution >= 4 is 40.1 Å². The Balaban J connectivity index is 0. The summed E-state index contributed by atoms with van der Waals surface area (Å²) in [4.78, 5) is 4.58. The number of sulfonamides is 4. The number of rotatable bonds is 9. The van der Waals surface area contributed by atoms with Crippen LogP contribution in [0.25, 0.3) is 0 Å². The van der Waals surface area contributed by atoms with Gasteiger partial charge in [-0.2, -0.15) is 52.7 Å². The molecule has 0 aromatic heterocycles. The van der Waals surface area contributed by atoms with Crippen molar-refractivity contribution < 1.29 is 86.4 Å². The van der Waals surface area contributed by atoms with Gasteiger partial charge in [-0.3, -0.25) is 0 Å². The van der Waals surface area contributed by atoms with E-state index < -0.39 is 70.4 Å². The fourth-order valence-corrected chi connectivity index (χ4v) is 5.78. The summed E-state index contributed by atoms with van der Waals surface area (Å²) in [6.07, 6.45) is 9.76. The Bertz CT molecular complexity index is 1150. The highest BCUT2D eigenvalue weighted by Gasteiger charge is 2.56. The van der Waals surface area contributed by atoms with Gasteiger partial charge in [0.25, 0.3) is 0 Å². The molecule has 0 aromatic rings. The lowest BCUT2D eigenvalue weighted by Crippen LogP contribution is -2.45. The van der Waals surface area contributed by atoms with Crippen LogP contribution >= 0.6 is 0 Å². The maximum absolute atomic E-state index is 11.5. The molecule has 0 spiro atoms. The van der Waals surface area contributed by atoms with Crippen LogP contribution in [0.4, 0.5) is 52.7 Å². The maximum atomic E-state index is 11.5. The third-order valence-electron chi connectivity index (χ3n) is 3.89.